The van der Waals surface area contributed by atoms with Gasteiger partial charge in [0.2, 0.25) is 0 Å². The summed E-state index contributed by atoms with van der Waals surface area (Å²) in [5.74, 6) is 1.26. The van der Waals surface area contributed by atoms with Crippen LogP contribution in [0.1, 0.15) is 13.3 Å². The van der Waals surface area contributed by atoms with Crippen molar-refractivity contribution in [3.05, 3.63) is 34.5 Å². The van der Waals surface area contributed by atoms with Crippen LogP contribution in [0.25, 0.3) is 11.5 Å². The summed E-state index contributed by atoms with van der Waals surface area (Å²) in [7, 11) is 0. The molecule has 0 aliphatic rings. The Hall–Kier alpha value is -1.19. The second kappa shape index (κ2) is 5.43. The lowest BCUT2D eigenvalue weighted by atomic mass is 10.3. The smallest absolute Gasteiger partial charge is 0.153 e. The van der Waals surface area contributed by atoms with Gasteiger partial charge in [-0.1, -0.05) is 30.1 Å². The van der Waals surface area contributed by atoms with Gasteiger partial charge >= 0.3 is 0 Å². The highest BCUT2D eigenvalue weighted by atomic mass is 35.5. The molecule has 0 spiro atoms. The Morgan fingerprint density at radius 3 is 2.82 bits per heavy atom. The quantitative estimate of drug-likeness (QED) is 0.891. The molecular formula is C12H12Cl2N2O. The molecule has 0 fully saturated rings. The van der Waals surface area contributed by atoms with Crippen LogP contribution in [-0.4, -0.2) is 11.5 Å². The third kappa shape index (κ3) is 2.73. The molecule has 0 radical (unpaired) electrons. The number of rotatable bonds is 4. The number of hydrogen-bond donors (Lipinski definition) is 1. The Labute approximate surface area is 110 Å². The van der Waals surface area contributed by atoms with Gasteiger partial charge < -0.3 is 9.73 Å². The van der Waals surface area contributed by atoms with Crippen LogP contribution < -0.4 is 5.32 Å². The van der Waals surface area contributed by atoms with Gasteiger partial charge in [0.25, 0.3) is 0 Å². The fourth-order valence-electron chi connectivity index (χ4n) is 1.42. The minimum atomic E-state index is 0.479. The second-order valence-corrected chi connectivity index (χ2v) is 4.37. The fourth-order valence-corrected chi connectivity index (χ4v) is 1.94. The zero-order valence-corrected chi connectivity index (χ0v) is 10.8. The van der Waals surface area contributed by atoms with Gasteiger partial charge in [-0.15, -0.1) is 0 Å². The maximum absolute atomic E-state index is 6.09. The summed E-state index contributed by atoms with van der Waals surface area (Å²) >= 11 is 12.2. The van der Waals surface area contributed by atoms with Gasteiger partial charge in [0.05, 0.1) is 16.3 Å². The van der Waals surface area contributed by atoms with Gasteiger partial charge in [0.15, 0.2) is 5.76 Å². The summed E-state index contributed by atoms with van der Waals surface area (Å²) in [5, 5.41) is 4.14. The first-order chi connectivity index (χ1) is 8.22. The zero-order chi connectivity index (χ0) is 12.3. The predicted molar refractivity (Wildman–Crippen MR) is 70.7 cm³/mol. The van der Waals surface area contributed by atoms with Gasteiger partial charge in [0, 0.05) is 6.54 Å². The molecule has 90 valence electrons. The number of aromatic nitrogens is 1. The SMILES string of the molecule is CCCNc1nc(-c2ccco2)c(Cl)cc1Cl. The Bertz CT molecular complexity index is 497. The van der Waals surface area contributed by atoms with Crippen LogP contribution in [0.4, 0.5) is 5.82 Å². The number of hydrogen-bond acceptors (Lipinski definition) is 3. The minimum Gasteiger partial charge on any atom is -0.463 e. The van der Waals surface area contributed by atoms with Crippen LogP contribution in [0.3, 0.4) is 0 Å². The van der Waals surface area contributed by atoms with Gasteiger partial charge in [-0.3, -0.25) is 0 Å². The Morgan fingerprint density at radius 1 is 1.35 bits per heavy atom. The highest BCUT2D eigenvalue weighted by Gasteiger charge is 2.12. The van der Waals surface area contributed by atoms with E-state index in [4.69, 9.17) is 27.6 Å². The monoisotopic (exact) mass is 270 g/mol. The van der Waals surface area contributed by atoms with Crippen molar-refractivity contribution in [2.75, 3.05) is 11.9 Å². The molecule has 1 N–H and O–H groups in total. The number of pyridine rings is 1. The zero-order valence-electron chi connectivity index (χ0n) is 9.34. The van der Waals surface area contributed by atoms with E-state index >= 15 is 0 Å². The lowest BCUT2D eigenvalue weighted by Gasteiger charge is -2.09. The molecule has 0 saturated heterocycles. The topological polar surface area (TPSA) is 38.1 Å². The molecule has 0 atom stereocenters. The first-order valence-electron chi connectivity index (χ1n) is 5.36. The molecule has 0 amide bonds. The third-order valence-corrected chi connectivity index (χ3v) is 2.80. The summed E-state index contributed by atoms with van der Waals surface area (Å²) in [6.07, 6.45) is 2.58. The van der Waals surface area contributed by atoms with E-state index in [1.165, 1.54) is 0 Å². The lowest BCUT2D eigenvalue weighted by Crippen LogP contribution is -2.03. The molecule has 0 aliphatic heterocycles. The predicted octanol–water partition coefficient (Wildman–Crippen LogP) is 4.47. The van der Waals surface area contributed by atoms with Crippen molar-refractivity contribution in [2.24, 2.45) is 0 Å². The first kappa shape index (κ1) is 12.3. The summed E-state index contributed by atoms with van der Waals surface area (Å²) in [6.45, 7) is 2.89. The number of furan rings is 1. The van der Waals surface area contributed by atoms with E-state index in [-0.39, 0.29) is 0 Å². The van der Waals surface area contributed by atoms with E-state index in [9.17, 15) is 0 Å². The molecule has 0 aromatic carbocycles. The third-order valence-electron chi connectivity index (χ3n) is 2.23. The highest BCUT2D eigenvalue weighted by molar-refractivity contribution is 6.37. The van der Waals surface area contributed by atoms with Crippen molar-refractivity contribution >= 4 is 29.0 Å². The van der Waals surface area contributed by atoms with E-state index in [0.29, 0.717) is 27.3 Å². The van der Waals surface area contributed by atoms with Crippen molar-refractivity contribution in [1.29, 1.82) is 0 Å². The largest absolute Gasteiger partial charge is 0.463 e. The van der Waals surface area contributed by atoms with Crippen LogP contribution in [0.5, 0.6) is 0 Å². The van der Waals surface area contributed by atoms with Crippen molar-refractivity contribution < 1.29 is 4.42 Å². The molecule has 17 heavy (non-hydrogen) atoms. The average Bonchev–Trinajstić information content (AvgIpc) is 2.81. The average molecular weight is 271 g/mol. The molecule has 2 heterocycles. The number of nitrogens with one attached hydrogen (secondary N) is 1. The standard InChI is InChI=1S/C12H12Cl2N2O/c1-2-5-15-12-9(14)7-8(13)11(16-12)10-4-3-6-17-10/h3-4,6-7H,2,5H2,1H3,(H,15,16). The van der Waals surface area contributed by atoms with Crippen LogP contribution in [0.2, 0.25) is 10.0 Å². The summed E-state index contributed by atoms with van der Waals surface area (Å²) in [6, 6.07) is 5.28. The highest BCUT2D eigenvalue weighted by Crippen LogP contribution is 2.32. The van der Waals surface area contributed by atoms with E-state index in [0.717, 1.165) is 13.0 Å². The Kier molecular flexibility index (Phi) is 3.92. The van der Waals surface area contributed by atoms with Crippen LogP contribution >= 0.6 is 23.2 Å². The van der Waals surface area contributed by atoms with Crippen molar-refractivity contribution in [3.63, 3.8) is 0 Å². The van der Waals surface area contributed by atoms with E-state index < -0.39 is 0 Å². The van der Waals surface area contributed by atoms with Gasteiger partial charge in [-0.05, 0) is 24.6 Å². The molecule has 0 aliphatic carbocycles. The van der Waals surface area contributed by atoms with E-state index in [1.54, 1.807) is 18.4 Å². The number of nitrogens with zero attached hydrogens (tertiary/aromatic N) is 1. The maximum atomic E-state index is 6.09. The van der Waals surface area contributed by atoms with E-state index in [2.05, 4.69) is 17.2 Å². The molecule has 2 aromatic heterocycles. The molecule has 5 heteroatoms. The van der Waals surface area contributed by atoms with E-state index in [1.807, 2.05) is 6.07 Å². The van der Waals surface area contributed by atoms with Gasteiger partial charge in [-0.2, -0.15) is 0 Å². The summed E-state index contributed by atoms with van der Waals surface area (Å²) in [4.78, 5) is 4.38. The molecule has 0 saturated carbocycles. The number of halogens is 2. The molecule has 2 aromatic rings. The maximum Gasteiger partial charge on any atom is 0.153 e. The molecule has 0 unspecified atom stereocenters. The van der Waals surface area contributed by atoms with Crippen molar-refractivity contribution in [1.82, 2.24) is 4.98 Å². The lowest BCUT2D eigenvalue weighted by molar-refractivity contribution is 0.580. The normalized spacial score (nSPS) is 10.5. The molecular weight excluding hydrogens is 259 g/mol. The Balaban J connectivity index is 2.39. The second-order valence-electron chi connectivity index (χ2n) is 3.55. The summed E-state index contributed by atoms with van der Waals surface area (Å²) in [5.41, 5.74) is 0.597. The van der Waals surface area contributed by atoms with Crippen LogP contribution in [0.15, 0.2) is 28.9 Å². The van der Waals surface area contributed by atoms with Crippen molar-refractivity contribution in [3.8, 4) is 11.5 Å². The van der Waals surface area contributed by atoms with Gasteiger partial charge in [0.1, 0.15) is 11.5 Å². The van der Waals surface area contributed by atoms with Gasteiger partial charge in [-0.25, -0.2) is 4.98 Å². The van der Waals surface area contributed by atoms with Crippen molar-refractivity contribution in [2.45, 2.75) is 13.3 Å². The molecule has 0 bridgehead atoms. The first-order valence-corrected chi connectivity index (χ1v) is 6.11. The molecule has 3 nitrogen and oxygen atoms in total. The molecule has 2 rings (SSSR count). The number of anilines is 1. The Morgan fingerprint density at radius 2 is 2.18 bits per heavy atom. The van der Waals surface area contributed by atoms with Crippen LogP contribution in [0, 0.1) is 0 Å². The minimum absolute atomic E-state index is 0.479. The fraction of sp³-hybridized carbons (Fsp3) is 0.250. The van der Waals surface area contributed by atoms with Crippen LogP contribution in [-0.2, 0) is 0 Å². The summed E-state index contributed by atoms with van der Waals surface area (Å²) < 4.78 is 5.28.